The highest BCUT2D eigenvalue weighted by Crippen LogP contribution is 2.41. The zero-order chi connectivity index (χ0) is 17.5. The van der Waals surface area contributed by atoms with Gasteiger partial charge in [0.1, 0.15) is 0 Å². The van der Waals surface area contributed by atoms with Crippen LogP contribution in [0.4, 0.5) is 5.69 Å². The second-order valence-corrected chi connectivity index (χ2v) is 11.1. The van der Waals surface area contributed by atoms with E-state index >= 15 is 0 Å². The highest BCUT2D eigenvalue weighted by Gasteiger charge is 2.49. The predicted octanol–water partition coefficient (Wildman–Crippen LogP) is 2.94. The van der Waals surface area contributed by atoms with Gasteiger partial charge < -0.3 is 4.90 Å². The minimum absolute atomic E-state index is 0.0570. The third-order valence-corrected chi connectivity index (χ3v) is 7.84. The van der Waals surface area contributed by atoms with Gasteiger partial charge in [-0.15, -0.1) is 0 Å². The van der Waals surface area contributed by atoms with Gasteiger partial charge in [0, 0.05) is 20.9 Å². The van der Waals surface area contributed by atoms with Gasteiger partial charge in [-0.2, -0.15) is 4.99 Å². The molecule has 2 atom stereocenters. The Morgan fingerprint density at radius 1 is 1.42 bits per heavy atom. The molecule has 2 aliphatic rings. The Morgan fingerprint density at radius 2 is 2.17 bits per heavy atom. The number of benzene rings is 1. The van der Waals surface area contributed by atoms with Gasteiger partial charge in [0.15, 0.2) is 15.0 Å². The van der Waals surface area contributed by atoms with E-state index in [0.29, 0.717) is 11.6 Å². The number of amidine groups is 1. The van der Waals surface area contributed by atoms with Crippen molar-refractivity contribution in [2.45, 2.75) is 31.6 Å². The normalized spacial score (nSPS) is 27.0. The number of hydrogen-bond donors (Lipinski definition) is 0. The second kappa shape index (κ2) is 6.95. The summed E-state index contributed by atoms with van der Waals surface area (Å²) in [6.07, 6.45) is 0.401. The van der Waals surface area contributed by atoms with Crippen LogP contribution in [0.1, 0.15) is 20.3 Å². The molecule has 0 radical (unpaired) electrons. The number of rotatable bonds is 3. The molecule has 8 heteroatoms. The van der Waals surface area contributed by atoms with Crippen LogP contribution in [0, 0.1) is 9.49 Å². The van der Waals surface area contributed by atoms with E-state index in [-0.39, 0.29) is 34.6 Å². The quantitative estimate of drug-likeness (QED) is 0.626. The van der Waals surface area contributed by atoms with Crippen LogP contribution in [0.25, 0.3) is 0 Å². The molecule has 1 aromatic carbocycles. The van der Waals surface area contributed by atoms with E-state index in [9.17, 15) is 13.2 Å². The SMILES string of the molecule is CC(C)CC(=O)N=C1S[C@@H]2CS(=O)(=O)C[C@@H]2N1c1cccc(I)c1. The largest absolute Gasteiger partial charge is 0.316 e. The summed E-state index contributed by atoms with van der Waals surface area (Å²) in [7, 11) is -3.03. The van der Waals surface area contributed by atoms with Crippen molar-refractivity contribution in [3.05, 3.63) is 27.8 Å². The molecule has 0 bridgehead atoms. The third kappa shape index (κ3) is 3.96. The lowest BCUT2D eigenvalue weighted by molar-refractivity contribution is -0.118. The lowest BCUT2D eigenvalue weighted by atomic mass is 10.1. The van der Waals surface area contributed by atoms with Crippen LogP contribution in [0.2, 0.25) is 0 Å². The molecule has 0 spiro atoms. The van der Waals surface area contributed by atoms with Crippen LogP contribution in [-0.4, -0.2) is 42.3 Å². The minimum Gasteiger partial charge on any atom is -0.316 e. The van der Waals surface area contributed by atoms with Crippen LogP contribution in [-0.2, 0) is 14.6 Å². The Balaban J connectivity index is 1.97. The molecule has 1 amide bonds. The maximum absolute atomic E-state index is 12.2. The number of amides is 1. The van der Waals surface area contributed by atoms with E-state index in [4.69, 9.17) is 0 Å². The van der Waals surface area contributed by atoms with Gasteiger partial charge in [-0.3, -0.25) is 4.79 Å². The second-order valence-electron chi connectivity index (χ2n) is 6.54. The van der Waals surface area contributed by atoms with Gasteiger partial charge in [-0.05, 0) is 46.7 Å². The third-order valence-electron chi connectivity index (χ3n) is 3.96. The molecule has 2 aliphatic heterocycles. The molecule has 1 aromatic rings. The average molecular weight is 478 g/mol. The molecule has 2 saturated heterocycles. The molecule has 0 unspecified atom stereocenters. The molecular formula is C16H19IN2O3S2. The number of sulfone groups is 1. The van der Waals surface area contributed by atoms with Gasteiger partial charge in [0.05, 0.1) is 17.5 Å². The van der Waals surface area contributed by atoms with Crippen LogP contribution >= 0.6 is 34.4 Å². The molecule has 0 N–H and O–H groups in total. The van der Waals surface area contributed by atoms with E-state index in [2.05, 4.69) is 27.6 Å². The Morgan fingerprint density at radius 3 is 2.83 bits per heavy atom. The standard InChI is InChI=1S/C16H19IN2O3S2/c1-10(2)6-15(20)18-16-19(12-5-3-4-11(17)7-12)13-8-24(21,22)9-14(13)23-16/h3-5,7,10,13-14H,6,8-9H2,1-2H3/t13-,14+/m0/s1. The summed E-state index contributed by atoms with van der Waals surface area (Å²) in [5.74, 6) is 0.374. The summed E-state index contributed by atoms with van der Waals surface area (Å²) in [6.45, 7) is 3.97. The van der Waals surface area contributed by atoms with E-state index in [1.165, 1.54) is 11.8 Å². The Kier molecular flexibility index (Phi) is 5.27. The van der Waals surface area contributed by atoms with Crippen molar-refractivity contribution in [1.82, 2.24) is 0 Å². The average Bonchev–Trinajstić information content (AvgIpc) is 2.88. The van der Waals surface area contributed by atoms with Gasteiger partial charge in [-0.25, -0.2) is 8.42 Å². The number of fused-ring (bicyclic) bond motifs is 1. The number of carbonyl (C=O) groups excluding carboxylic acids is 1. The van der Waals surface area contributed by atoms with Gasteiger partial charge >= 0.3 is 0 Å². The molecule has 5 nitrogen and oxygen atoms in total. The number of halogens is 1. The fraction of sp³-hybridized carbons (Fsp3) is 0.500. The number of carbonyl (C=O) groups is 1. The van der Waals surface area contributed by atoms with Crippen LogP contribution < -0.4 is 4.90 Å². The van der Waals surface area contributed by atoms with Crippen molar-refractivity contribution < 1.29 is 13.2 Å². The Hall–Kier alpha value is -0.610. The van der Waals surface area contributed by atoms with Crippen LogP contribution in [0.5, 0.6) is 0 Å². The maximum Gasteiger partial charge on any atom is 0.248 e. The molecule has 0 aromatic heterocycles. The molecule has 0 aliphatic carbocycles. The van der Waals surface area contributed by atoms with E-state index in [1.54, 1.807) is 0 Å². The van der Waals surface area contributed by atoms with Crippen LogP contribution in [0.3, 0.4) is 0 Å². The highest BCUT2D eigenvalue weighted by molar-refractivity contribution is 14.1. The van der Waals surface area contributed by atoms with Crippen LogP contribution in [0.15, 0.2) is 29.3 Å². The first-order valence-corrected chi connectivity index (χ1v) is 11.6. The smallest absolute Gasteiger partial charge is 0.248 e. The summed E-state index contributed by atoms with van der Waals surface area (Å²) in [5.41, 5.74) is 0.898. The fourth-order valence-electron chi connectivity index (χ4n) is 2.99. The summed E-state index contributed by atoms with van der Waals surface area (Å²) in [6, 6.07) is 7.71. The first kappa shape index (κ1) is 18.2. The number of nitrogens with zero attached hydrogens (tertiary/aromatic N) is 2. The maximum atomic E-state index is 12.2. The van der Waals surface area contributed by atoms with E-state index in [1.807, 2.05) is 43.0 Å². The molecule has 130 valence electrons. The Bertz CT molecular complexity index is 792. The van der Waals surface area contributed by atoms with Gasteiger partial charge in [0.25, 0.3) is 0 Å². The van der Waals surface area contributed by atoms with Gasteiger partial charge in [-0.1, -0.05) is 31.7 Å². The topological polar surface area (TPSA) is 66.8 Å². The fourth-order valence-corrected chi connectivity index (χ4v) is 7.45. The van der Waals surface area contributed by atoms with E-state index < -0.39 is 9.84 Å². The summed E-state index contributed by atoms with van der Waals surface area (Å²) in [5, 5.41) is 0.575. The van der Waals surface area contributed by atoms with Crippen molar-refractivity contribution in [3.63, 3.8) is 0 Å². The first-order chi connectivity index (χ1) is 11.2. The zero-order valence-electron chi connectivity index (χ0n) is 13.5. The summed E-state index contributed by atoms with van der Waals surface area (Å²) < 4.78 is 25.1. The molecule has 0 saturated carbocycles. The Labute approximate surface area is 160 Å². The number of aliphatic imine (C=N–C) groups is 1. The van der Waals surface area contributed by atoms with Crippen molar-refractivity contribution in [2.24, 2.45) is 10.9 Å². The molecule has 3 rings (SSSR count). The van der Waals surface area contributed by atoms with Crippen molar-refractivity contribution in [3.8, 4) is 0 Å². The monoisotopic (exact) mass is 478 g/mol. The molecule has 2 fully saturated rings. The number of hydrogen-bond acceptors (Lipinski definition) is 4. The molecule has 24 heavy (non-hydrogen) atoms. The van der Waals surface area contributed by atoms with Crippen molar-refractivity contribution >= 4 is 61.0 Å². The predicted molar refractivity (Wildman–Crippen MR) is 107 cm³/mol. The highest BCUT2D eigenvalue weighted by atomic mass is 127. The molecule has 2 heterocycles. The zero-order valence-corrected chi connectivity index (χ0v) is 17.3. The minimum atomic E-state index is -3.03. The lowest BCUT2D eigenvalue weighted by Gasteiger charge is -2.24. The first-order valence-electron chi connectivity index (χ1n) is 7.78. The summed E-state index contributed by atoms with van der Waals surface area (Å²) >= 11 is 3.65. The lowest BCUT2D eigenvalue weighted by Crippen LogP contribution is -2.37. The number of thioether (sulfide) groups is 1. The molecular weight excluding hydrogens is 459 g/mol. The summed E-state index contributed by atoms with van der Waals surface area (Å²) in [4.78, 5) is 18.4. The van der Waals surface area contributed by atoms with E-state index in [0.717, 1.165) is 9.26 Å². The number of anilines is 1. The van der Waals surface area contributed by atoms with Crippen molar-refractivity contribution in [1.29, 1.82) is 0 Å². The van der Waals surface area contributed by atoms with Crippen molar-refractivity contribution in [2.75, 3.05) is 16.4 Å². The van der Waals surface area contributed by atoms with Gasteiger partial charge in [0.2, 0.25) is 5.91 Å².